The molecule has 0 radical (unpaired) electrons. The quantitative estimate of drug-likeness (QED) is 0.906. The molecule has 0 amide bonds. The van der Waals surface area contributed by atoms with Gasteiger partial charge in [0.2, 0.25) is 0 Å². The number of hydrazine groups is 1. The maximum Gasteiger partial charge on any atom is 0.123 e. The first-order chi connectivity index (χ1) is 9.31. The normalized spacial score (nSPS) is 22.3. The van der Waals surface area contributed by atoms with E-state index in [1.165, 1.54) is 12.1 Å². The summed E-state index contributed by atoms with van der Waals surface area (Å²) in [5, 5.41) is 1.88. The van der Waals surface area contributed by atoms with Gasteiger partial charge in [-0.15, -0.1) is 0 Å². The predicted octanol–water partition coefficient (Wildman–Crippen LogP) is 2.19. The maximum absolute atomic E-state index is 12.9. The van der Waals surface area contributed by atoms with Crippen molar-refractivity contribution in [3.63, 3.8) is 0 Å². The van der Waals surface area contributed by atoms with Crippen molar-refractivity contribution in [2.24, 2.45) is 4.99 Å². The molecule has 1 N–H and O–H groups in total. The van der Waals surface area contributed by atoms with E-state index in [1.807, 2.05) is 5.01 Å². The molecule has 0 saturated carbocycles. The number of aliphatic imine (C=N–C) groups is 1. The van der Waals surface area contributed by atoms with E-state index in [4.69, 9.17) is 4.74 Å². The van der Waals surface area contributed by atoms with Crippen LogP contribution in [0, 0.1) is 5.82 Å². The molecular formula is C14H16FN3O. The van der Waals surface area contributed by atoms with Crippen LogP contribution in [0.5, 0.6) is 0 Å². The summed E-state index contributed by atoms with van der Waals surface area (Å²) in [7, 11) is 0. The van der Waals surface area contributed by atoms with Gasteiger partial charge in [0.25, 0.3) is 0 Å². The molecule has 100 valence electrons. The van der Waals surface area contributed by atoms with Gasteiger partial charge in [0, 0.05) is 6.61 Å². The van der Waals surface area contributed by atoms with Gasteiger partial charge in [-0.3, -0.25) is 10.4 Å². The van der Waals surface area contributed by atoms with E-state index in [0.717, 1.165) is 30.7 Å². The molecule has 2 aliphatic heterocycles. The molecule has 2 aliphatic rings. The average molecular weight is 261 g/mol. The molecular weight excluding hydrogens is 245 g/mol. The highest BCUT2D eigenvalue weighted by Crippen LogP contribution is 2.20. The zero-order chi connectivity index (χ0) is 13.1. The third kappa shape index (κ3) is 2.93. The van der Waals surface area contributed by atoms with Gasteiger partial charge < -0.3 is 4.74 Å². The molecule has 1 saturated heterocycles. The third-order valence-corrected chi connectivity index (χ3v) is 3.24. The topological polar surface area (TPSA) is 36.9 Å². The van der Waals surface area contributed by atoms with Crippen LogP contribution in [0.15, 0.2) is 41.2 Å². The fraction of sp³-hybridized carbons (Fsp3) is 0.357. The van der Waals surface area contributed by atoms with Gasteiger partial charge in [0.05, 0.1) is 18.4 Å². The van der Waals surface area contributed by atoms with Gasteiger partial charge in [-0.05, 0) is 30.5 Å². The Morgan fingerprint density at radius 1 is 1.37 bits per heavy atom. The Hall–Kier alpha value is -1.88. The van der Waals surface area contributed by atoms with Crippen molar-refractivity contribution in [2.75, 3.05) is 6.61 Å². The van der Waals surface area contributed by atoms with Crippen molar-refractivity contribution < 1.29 is 9.13 Å². The number of nitrogens with one attached hydrogen (secondary N) is 1. The Balaban J connectivity index is 1.62. The number of nitrogens with zero attached hydrogens (tertiary/aromatic N) is 2. The SMILES string of the molecule is Fc1ccc(CN2C=NC=C(C3CCCO3)N2)cc1. The molecule has 19 heavy (non-hydrogen) atoms. The molecule has 0 aliphatic carbocycles. The summed E-state index contributed by atoms with van der Waals surface area (Å²) in [6.07, 6.45) is 5.76. The van der Waals surface area contributed by atoms with E-state index in [1.54, 1.807) is 24.7 Å². The molecule has 1 fully saturated rings. The van der Waals surface area contributed by atoms with Crippen LogP contribution >= 0.6 is 0 Å². The van der Waals surface area contributed by atoms with Crippen molar-refractivity contribution in [3.05, 3.63) is 47.5 Å². The molecule has 1 aromatic carbocycles. The first-order valence-electron chi connectivity index (χ1n) is 6.44. The Labute approximate surface area is 111 Å². The van der Waals surface area contributed by atoms with Crippen molar-refractivity contribution in [1.29, 1.82) is 0 Å². The highest BCUT2D eigenvalue weighted by molar-refractivity contribution is 5.57. The minimum absolute atomic E-state index is 0.119. The van der Waals surface area contributed by atoms with E-state index < -0.39 is 0 Å². The van der Waals surface area contributed by atoms with E-state index in [-0.39, 0.29) is 11.9 Å². The lowest BCUT2D eigenvalue weighted by Crippen LogP contribution is -2.40. The zero-order valence-corrected chi connectivity index (χ0v) is 10.6. The second-order valence-corrected chi connectivity index (χ2v) is 4.72. The van der Waals surface area contributed by atoms with Crippen LogP contribution < -0.4 is 5.43 Å². The smallest absolute Gasteiger partial charge is 0.123 e. The van der Waals surface area contributed by atoms with Crippen LogP contribution in [0.25, 0.3) is 0 Å². The number of benzene rings is 1. The van der Waals surface area contributed by atoms with E-state index in [2.05, 4.69) is 10.4 Å². The Bertz CT molecular complexity index is 492. The number of halogens is 1. The maximum atomic E-state index is 12.9. The van der Waals surface area contributed by atoms with E-state index in [9.17, 15) is 4.39 Å². The van der Waals surface area contributed by atoms with Gasteiger partial charge in [0.1, 0.15) is 18.3 Å². The Kier molecular flexibility index (Phi) is 3.46. The summed E-state index contributed by atoms with van der Waals surface area (Å²) in [4.78, 5) is 4.22. The summed E-state index contributed by atoms with van der Waals surface area (Å²) in [5.41, 5.74) is 5.30. The summed E-state index contributed by atoms with van der Waals surface area (Å²) in [6, 6.07) is 6.48. The van der Waals surface area contributed by atoms with Crippen LogP contribution in [0.2, 0.25) is 0 Å². The zero-order valence-electron chi connectivity index (χ0n) is 10.6. The van der Waals surface area contributed by atoms with Gasteiger partial charge in [-0.2, -0.15) is 0 Å². The number of rotatable bonds is 3. The third-order valence-electron chi connectivity index (χ3n) is 3.24. The fourth-order valence-electron chi connectivity index (χ4n) is 2.26. The van der Waals surface area contributed by atoms with Gasteiger partial charge in [-0.1, -0.05) is 12.1 Å². The molecule has 0 aromatic heterocycles. The lowest BCUT2D eigenvalue weighted by molar-refractivity contribution is 0.121. The molecule has 5 heteroatoms. The lowest BCUT2D eigenvalue weighted by atomic mass is 10.2. The van der Waals surface area contributed by atoms with Crippen LogP contribution in [-0.4, -0.2) is 24.1 Å². The highest BCUT2D eigenvalue weighted by Gasteiger charge is 2.22. The van der Waals surface area contributed by atoms with Crippen molar-refractivity contribution >= 4 is 6.34 Å². The van der Waals surface area contributed by atoms with Crippen molar-refractivity contribution in [1.82, 2.24) is 10.4 Å². The van der Waals surface area contributed by atoms with Gasteiger partial charge in [-0.25, -0.2) is 9.38 Å². The molecule has 1 atom stereocenters. The van der Waals surface area contributed by atoms with E-state index >= 15 is 0 Å². The highest BCUT2D eigenvalue weighted by atomic mass is 19.1. The molecule has 0 spiro atoms. The van der Waals surface area contributed by atoms with E-state index in [0.29, 0.717) is 6.54 Å². The molecule has 1 unspecified atom stereocenters. The summed E-state index contributed by atoms with van der Waals surface area (Å²) < 4.78 is 18.5. The minimum atomic E-state index is -0.219. The average Bonchev–Trinajstić information content (AvgIpc) is 2.96. The van der Waals surface area contributed by atoms with Crippen LogP contribution in [-0.2, 0) is 11.3 Å². The van der Waals surface area contributed by atoms with Crippen LogP contribution in [0.1, 0.15) is 18.4 Å². The standard InChI is InChI=1S/C14H16FN3O/c15-12-5-3-11(4-6-12)9-18-10-16-8-13(17-18)14-2-1-7-19-14/h3-6,8,10,14,17H,1-2,7,9H2. The van der Waals surface area contributed by atoms with Crippen molar-refractivity contribution in [3.8, 4) is 0 Å². The second-order valence-electron chi connectivity index (χ2n) is 4.72. The van der Waals surface area contributed by atoms with Gasteiger partial charge >= 0.3 is 0 Å². The van der Waals surface area contributed by atoms with Crippen LogP contribution in [0.3, 0.4) is 0 Å². The van der Waals surface area contributed by atoms with Crippen LogP contribution in [0.4, 0.5) is 4.39 Å². The number of ether oxygens (including phenoxy) is 1. The summed E-state index contributed by atoms with van der Waals surface area (Å²) in [5.74, 6) is -0.219. The lowest BCUT2D eigenvalue weighted by Gasteiger charge is -2.28. The number of hydrogen-bond acceptors (Lipinski definition) is 4. The predicted molar refractivity (Wildman–Crippen MR) is 70.6 cm³/mol. The largest absolute Gasteiger partial charge is 0.372 e. The molecule has 3 rings (SSSR count). The molecule has 4 nitrogen and oxygen atoms in total. The minimum Gasteiger partial charge on any atom is -0.372 e. The molecule has 1 aromatic rings. The monoisotopic (exact) mass is 261 g/mol. The molecule has 0 bridgehead atoms. The van der Waals surface area contributed by atoms with Gasteiger partial charge in [0.15, 0.2) is 0 Å². The Morgan fingerprint density at radius 3 is 2.95 bits per heavy atom. The number of hydrogen-bond donors (Lipinski definition) is 1. The fourth-order valence-corrected chi connectivity index (χ4v) is 2.26. The van der Waals surface area contributed by atoms with Crippen molar-refractivity contribution in [2.45, 2.75) is 25.5 Å². The first kappa shape index (κ1) is 12.2. The second kappa shape index (κ2) is 5.40. The summed E-state index contributed by atoms with van der Waals surface area (Å²) in [6.45, 7) is 1.44. The molecule has 2 heterocycles. The Morgan fingerprint density at radius 2 is 2.21 bits per heavy atom. The summed E-state index contributed by atoms with van der Waals surface area (Å²) >= 11 is 0. The first-order valence-corrected chi connectivity index (χ1v) is 6.44.